The van der Waals surface area contributed by atoms with Crippen LogP contribution in [0.3, 0.4) is 0 Å². The lowest BCUT2D eigenvalue weighted by atomic mass is 9.97. The second-order valence-electron chi connectivity index (χ2n) is 4.29. The molecule has 0 saturated carbocycles. The number of nitrogens with one attached hydrogen (secondary N) is 1. The van der Waals surface area contributed by atoms with Gasteiger partial charge in [-0.3, -0.25) is 10.1 Å². The van der Waals surface area contributed by atoms with E-state index in [1.54, 1.807) is 17.8 Å². The van der Waals surface area contributed by atoms with Crippen molar-refractivity contribution in [2.45, 2.75) is 23.8 Å². The van der Waals surface area contributed by atoms with Crippen LogP contribution in [0.4, 0.5) is 9.18 Å². The Morgan fingerprint density at radius 3 is 2.95 bits per heavy atom. The van der Waals surface area contributed by atoms with Gasteiger partial charge in [-0.2, -0.15) is 0 Å². The van der Waals surface area contributed by atoms with Crippen molar-refractivity contribution in [3.63, 3.8) is 0 Å². The number of amides is 2. The molecule has 2 aliphatic heterocycles. The minimum absolute atomic E-state index is 0.0566. The van der Waals surface area contributed by atoms with Crippen LogP contribution in [0.2, 0.25) is 5.02 Å². The lowest BCUT2D eigenvalue weighted by Crippen LogP contribution is -2.22. The van der Waals surface area contributed by atoms with E-state index in [9.17, 15) is 14.0 Å². The zero-order chi connectivity index (χ0) is 13.6. The summed E-state index contributed by atoms with van der Waals surface area (Å²) in [5, 5.41) is 1.95. The van der Waals surface area contributed by atoms with Gasteiger partial charge in [0, 0.05) is 10.5 Å². The second kappa shape index (κ2) is 4.68. The van der Waals surface area contributed by atoms with Crippen molar-refractivity contribution < 1.29 is 18.7 Å². The Kier molecular flexibility index (Phi) is 3.14. The first-order valence-corrected chi connectivity index (χ1v) is 7.09. The van der Waals surface area contributed by atoms with Gasteiger partial charge in [-0.1, -0.05) is 11.6 Å². The fourth-order valence-corrected chi connectivity index (χ4v) is 3.67. The molecule has 1 fully saturated rings. The molecule has 7 heteroatoms. The second-order valence-corrected chi connectivity index (χ2v) is 5.83. The summed E-state index contributed by atoms with van der Waals surface area (Å²) < 4.78 is 19.1. The molecule has 19 heavy (non-hydrogen) atoms. The van der Waals surface area contributed by atoms with Gasteiger partial charge >= 0.3 is 6.09 Å². The summed E-state index contributed by atoms with van der Waals surface area (Å²) in [5.41, 5.74) is 0.811. The fraction of sp³-hybridized carbons (Fsp3) is 0.333. The van der Waals surface area contributed by atoms with Gasteiger partial charge in [-0.25, -0.2) is 9.18 Å². The minimum atomic E-state index is -1.24. The van der Waals surface area contributed by atoms with E-state index in [1.807, 2.05) is 5.32 Å². The number of fused-ring (bicyclic) bond motifs is 1. The molecule has 1 unspecified atom stereocenters. The van der Waals surface area contributed by atoms with Crippen molar-refractivity contribution in [2.24, 2.45) is 0 Å². The van der Waals surface area contributed by atoms with Crippen LogP contribution in [-0.2, 0) is 16.0 Å². The third kappa shape index (κ3) is 2.08. The molecule has 4 nitrogen and oxygen atoms in total. The predicted molar refractivity (Wildman–Crippen MR) is 67.8 cm³/mol. The number of rotatable bonds is 1. The Morgan fingerprint density at radius 1 is 1.47 bits per heavy atom. The van der Waals surface area contributed by atoms with Crippen LogP contribution in [0.5, 0.6) is 0 Å². The number of hydrogen-bond donors (Lipinski definition) is 1. The van der Waals surface area contributed by atoms with Crippen molar-refractivity contribution in [3.05, 3.63) is 28.0 Å². The number of carbonyl (C=O) groups excluding carboxylic acids is 2. The van der Waals surface area contributed by atoms with Crippen LogP contribution in [0.15, 0.2) is 11.0 Å². The molecular weight excluding hydrogens is 293 g/mol. The van der Waals surface area contributed by atoms with Crippen LogP contribution < -0.4 is 5.32 Å². The molecule has 2 heterocycles. The van der Waals surface area contributed by atoms with Gasteiger partial charge in [0.1, 0.15) is 5.82 Å². The molecule has 0 bridgehead atoms. The van der Waals surface area contributed by atoms with Gasteiger partial charge in [-0.15, -0.1) is 11.8 Å². The van der Waals surface area contributed by atoms with E-state index in [0.717, 1.165) is 17.1 Å². The van der Waals surface area contributed by atoms with Crippen molar-refractivity contribution >= 4 is 35.4 Å². The number of thioether (sulfide) groups is 1. The number of carbonyl (C=O) groups is 2. The molecule has 100 valence electrons. The summed E-state index contributed by atoms with van der Waals surface area (Å²) in [7, 11) is 0. The lowest BCUT2D eigenvalue weighted by molar-refractivity contribution is -0.123. The van der Waals surface area contributed by atoms with Crippen molar-refractivity contribution in [3.8, 4) is 0 Å². The number of ether oxygens (including phenoxy) is 1. The highest BCUT2D eigenvalue weighted by molar-refractivity contribution is 7.99. The molecule has 2 amide bonds. The van der Waals surface area contributed by atoms with Gasteiger partial charge in [0.25, 0.3) is 5.91 Å². The first-order chi connectivity index (χ1) is 9.08. The zero-order valence-electron chi connectivity index (χ0n) is 9.66. The van der Waals surface area contributed by atoms with E-state index in [2.05, 4.69) is 0 Å². The number of cyclic esters (lactones) is 1. The van der Waals surface area contributed by atoms with E-state index < -0.39 is 23.9 Å². The van der Waals surface area contributed by atoms with Crippen molar-refractivity contribution in [2.75, 3.05) is 5.75 Å². The number of halogens is 2. The Labute approximate surface area is 117 Å². The predicted octanol–water partition coefficient (Wildman–Crippen LogP) is 2.82. The average Bonchev–Trinajstić information content (AvgIpc) is 2.70. The van der Waals surface area contributed by atoms with Crippen LogP contribution in [0.25, 0.3) is 0 Å². The van der Waals surface area contributed by atoms with Crippen LogP contribution in [-0.4, -0.2) is 17.8 Å². The smallest absolute Gasteiger partial charge is 0.415 e. The summed E-state index contributed by atoms with van der Waals surface area (Å²) in [4.78, 5) is 23.6. The fourth-order valence-electron chi connectivity index (χ4n) is 2.30. The van der Waals surface area contributed by atoms with E-state index in [0.29, 0.717) is 12.0 Å². The Morgan fingerprint density at radius 2 is 2.26 bits per heavy atom. The van der Waals surface area contributed by atoms with Crippen molar-refractivity contribution in [1.82, 2.24) is 5.32 Å². The summed E-state index contributed by atoms with van der Waals surface area (Å²) in [5.74, 6) is -0.410. The van der Waals surface area contributed by atoms with Crippen LogP contribution >= 0.6 is 23.4 Å². The standard InChI is InChI=1S/C12H9ClFNO3S/c13-6-4-7-5(2-1-3-19-7)8(9(6)14)10-11(16)15-12(17)18-10/h4,10H,1-3H2,(H,15,16,17). The maximum Gasteiger partial charge on any atom is 0.415 e. The average molecular weight is 302 g/mol. The molecule has 1 aromatic rings. The maximum absolute atomic E-state index is 14.2. The highest BCUT2D eigenvalue weighted by atomic mass is 35.5. The lowest BCUT2D eigenvalue weighted by Gasteiger charge is -2.21. The van der Waals surface area contributed by atoms with Gasteiger partial charge in [0.15, 0.2) is 0 Å². The third-order valence-corrected chi connectivity index (χ3v) is 4.55. The number of imide groups is 1. The Bertz CT molecular complexity index is 593. The molecule has 0 radical (unpaired) electrons. The molecule has 2 aliphatic rings. The van der Waals surface area contributed by atoms with Gasteiger partial charge in [-0.05, 0) is 30.2 Å². The summed E-state index contributed by atoms with van der Waals surface area (Å²) in [6, 6.07) is 1.56. The largest absolute Gasteiger partial charge is 0.431 e. The normalized spacial score (nSPS) is 21.9. The molecule has 0 aromatic heterocycles. The van der Waals surface area contributed by atoms with Gasteiger partial charge in [0.05, 0.1) is 5.02 Å². The monoisotopic (exact) mass is 301 g/mol. The SMILES string of the molecule is O=C1NC(=O)C(c2c(F)c(Cl)cc3c2CCCS3)O1. The first-order valence-electron chi connectivity index (χ1n) is 5.73. The van der Waals surface area contributed by atoms with E-state index >= 15 is 0 Å². The van der Waals surface area contributed by atoms with Crippen LogP contribution in [0.1, 0.15) is 23.7 Å². The molecule has 0 spiro atoms. The zero-order valence-corrected chi connectivity index (χ0v) is 11.2. The summed E-state index contributed by atoms with van der Waals surface area (Å²) in [6.07, 6.45) is -0.563. The first kappa shape index (κ1) is 12.7. The molecule has 1 aromatic carbocycles. The molecular formula is C12H9ClFNO3S. The maximum atomic E-state index is 14.2. The Balaban J connectivity index is 2.16. The van der Waals surface area contributed by atoms with E-state index in [-0.39, 0.29) is 10.6 Å². The van der Waals surface area contributed by atoms with E-state index in [4.69, 9.17) is 16.3 Å². The number of benzene rings is 1. The summed E-state index contributed by atoms with van der Waals surface area (Å²) in [6.45, 7) is 0. The van der Waals surface area contributed by atoms with Crippen LogP contribution in [0, 0.1) is 5.82 Å². The minimum Gasteiger partial charge on any atom is -0.431 e. The number of hydrogen-bond acceptors (Lipinski definition) is 4. The quantitative estimate of drug-likeness (QED) is 0.866. The van der Waals surface area contributed by atoms with Crippen molar-refractivity contribution in [1.29, 1.82) is 0 Å². The molecule has 1 atom stereocenters. The molecule has 1 N–H and O–H groups in total. The highest BCUT2D eigenvalue weighted by Gasteiger charge is 2.38. The van der Waals surface area contributed by atoms with E-state index in [1.165, 1.54) is 0 Å². The Hall–Kier alpha value is -1.27. The van der Waals surface area contributed by atoms with Gasteiger partial charge < -0.3 is 4.74 Å². The molecule has 1 saturated heterocycles. The summed E-state index contributed by atoms with van der Waals surface area (Å²) >= 11 is 7.42. The molecule has 0 aliphatic carbocycles. The highest BCUT2D eigenvalue weighted by Crippen LogP contribution is 2.40. The topological polar surface area (TPSA) is 55.4 Å². The third-order valence-electron chi connectivity index (χ3n) is 3.11. The molecule has 3 rings (SSSR count). The van der Waals surface area contributed by atoms with Gasteiger partial charge in [0.2, 0.25) is 6.10 Å². The number of alkyl carbamates (subject to hydrolysis) is 1.